The summed E-state index contributed by atoms with van der Waals surface area (Å²) in [6.07, 6.45) is 2.41. The van der Waals surface area contributed by atoms with Crippen molar-refractivity contribution in [2.75, 3.05) is 0 Å². The Morgan fingerprint density at radius 2 is 2.20 bits per heavy atom. The maximum atomic E-state index is 10.6. The third kappa shape index (κ3) is 1.05. The molecule has 0 unspecified atom stereocenters. The zero-order valence-electron chi connectivity index (χ0n) is 4.96. The predicted molar refractivity (Wildman–Crippen MR) is 31.1 cm³/mol. The molecule has 0 saturated carbocycles. The lowest BCUT2D eigenvalue weighted by Crippen LogP contribution is -2.13. The predicted octanol–water partition coefficient (Wildman–Crippen LogP) is 0.272. The van der Waals surface area contributed by atoms with Crippen LogP contribution in [0.15, 0.2) is 23.0 Å². The lowest BCUT2D eigenvalue weighted by atomic mass is 10.2. The molecule has 4 heteroatoms. The Morgan fingerprint density at radius 1 is 1.50 bits per heavy atom. The summed E-state index contributed by atoms with van der Waals surface area (Å²) in [6, 6.07) is 1.34. The van der Waals surface area contributed by atoms with E-state index in [1.54, 1.807) is 0 Å². The lowest BCUT2D eigenvalue weighted by Gasteiger charge is -1.84. The van der Waals surface area contributed by atoms with E-state index < -0.39 is 11.7 Å². The highest BCUT2D eigenvalue weighted by Gasteiger charge is 2.13. The average Bonchev–Trinajstić information content (AvgIpc) is 2.36. The minimum absolute atomic E-state index is 0.125. The molecule has 0 aliphatic heterocycles. The normalized spacial score (nSPS) is 9.20. The molecule has 0 saturated heterocycles. The van der Waals surface area contributed by atoms with Crippen LogP contribution in [0.25, 0.3) is 0 Å². The topological polar surface area (TPSA) is 71.1 Å². The van der Waals surface area contributed by atoms with Gasteiger partial charge in [0.15, 0.2) is 0 Å². The van der Waals surface area contributed by atoms with E-state index in [4.69, 9.17) is 5.73 Å². The van der Waals surface area contributed by atoms with E-state index in [-0.39, 0.29) is 5.56 Å². The molecule has 1 aromatic heterocycles. The number of carbonyl (C=O) groups excluding carboxylic acids is 2. The summed E-state index contributed by atoms with van der Waals surface area (Å²) < 4.78 is 4.53. The fraction of sp³-hybridized carbons (Fsp3) is 0. The maximum absolute atomic E-state index is 10.6. The monoisotopic (exact) mass is 138 g/mol. The van der Waals surface area contributed by atoms with Crippen molar-refractivity contribution in [1.82, 2.24) is 5.73 Å². The molecule has 0 aromatic carbocycles. The molecule has 10 heavy (non-hydrogen) atoms. The second kappa shape index (κ2) is 2.34. The highest BCUT2D eigenvalue weighted by atomic mass is 16.3. The minimum Gasteiger partial charge on any atom is -0.472 e. The van der Waals surface area contributed by atoms with Crippen LogP contribution in [0.1, 0.15) is 10.4 Å². The zero-order chi connectivity index (χ0) is 7.56. The van der Waals surface area contributed by atoms with Gasteiger partial charge in [0.05, 0.1) is 11.8 Å². The molecule has 0 aliphatic carbocycles. The fourth-order valence-electron chi connectivity index (χ4n) is 0.525. The molecule has 1 radical (unpaired) electrons. The highest BCUT2D eigenvalue weighted by Crippen LogP contribution is 1.99. The van der Waals surface area contributed by atoms with E-state index >= 15 is 0 Å². The van der Waals surface area contributed by atoms with Gasteiger partial charge in [-0.15, -0.1) is 0 Å². The summed E-state index contributed by atoms with van der Waals surface area (Å²) >= 11 is 0. The molecule has 51 valence electrons. The molecule has 4 nitrogen and oxygen atoms in total. The fourth-order valence-corrected chi connectivity index (χ4v) is 0.525. The van der Waals surface area contributed by atoms with Crippen LogP contribution in [0, 0.1) is 0 Å². The van der Waals surface area contributed by atoms with E-state index in [2.05, 4.69) is 4.42 Å². The SMILES string of the molecule is [NH]C(=O)C(=O)c1ccoc1. The molecule has 0 spiro atoms. The quantitative estimate of drug-likeness (QED) is 0.435. The number of furan rings is 1. The summed E-state index contributed by atoms with van der Waals surface area (Å²) in [4.78, 5) is 20.7. The van der Waals surface area contributed by atoms with Gasteiger partial charge in [-0.1, -0.05) is 0 Å². The first-order valence-electron chi connectivity index (χ1n) is 2.54. The van der Waals surface area contributed by atoms with Gasteiger partial charge in [-0.25, -0.2) is 0 Å². The molecule has 1 aromatic rings. The summed E-state index contributed by atoms with van der Waals surface area (Å²) in [5.74, 6) is -2.06. The molecule has 1 amide bonds. The van der Waals surface area contributed by atoms with E-state index in [0.717, 1.165) is 6.26 Å². The van der Waals surface area contributed by atoms with E-state index in [1.165, 1.54) is 12.3 Å². The lowest BCUT2D eigenvalue weighted by molar-refractivity contribution is -0.114. The van der Waals surface area contributed by atoms with Crippen molar-refractivity contribution in [3.8, 4) is 0 Å². The second-order valence-corrected chi connectivity index (χ2v) is 1.67. The van der Waals surface area contributed by atoms with Gasteiger partial charge >= 0.3 is 5.91 Å². The van der Waals surface area contributed by atoms with Crippen molar-refractivity contribution < 1.29 is 14.0 Å². The van der Waals surface area contributed by atoms with Crippen LogP contribution >= 0.6 is 0 Å². The van der Waals surface area contributed by atoms with Crippen LogP contribution in [0.4, 0.5) is 0 Å². The van der Waals surface area contributed by atoms with Crippen LogP contribution in [0.3, 0.4) is 0 Å². The zero-order valence-corrected chi connectivity index (χ0v) is 4.96. The van der Waals surface area contributed by atoms with Crippen molar-refractivity contribution in [2.24, 2.45) is 0 Å². The van der Waals surface area contributed by atoms with Gasteiger partial charge in [0.25, 0.3) is 5.78 Å². The molecular weight excluding hydrogens is 134 g/mol. The Labute approximate surface area is 56.6 Å². The van der Waals surface area contributed by atoms with Crippen molar-refractivity contribution in [3.63, 3.8) is 0 Å². The smallest absolute Gasteiger partial charge is 0.310 e. The standard InChI is InChI=1S/C6H4NO3/c7-6(9)5(8)4-1-2-10-3-4/h1-3,7H. The highest BCUT2D eigenvalue weighted by molar-refractivity contribution is 6.41. The molecule has 1 N–H and O–H groups in total. The first kappa shape index (κ1) is 6.54. The van der Waals surface area contributed by atoms with Crippen LogP contribution in [0.5, 0.6) is 0 Å². The first-order chi connectivity index (χ1) is 4.72. The van der Waals surface area contributed by atoms with Crippen molar-refractivity contribution >= 4 is 11.7 Å². The molecule has 0 fully saturated rings. The number of hydrogen-bond donors (Lipinski definition) is 0. The van der Waals surface area contributed by atoms with E-state index in [9.17, 15) is 9.59 Å². The van der Waals surface area contributed by atoms with Gasteiger partial charge in [0.1, 0.15) is 6.26 Å². The molecule has 0 bridgehead atoms. The Balaban J connectivity index is 2.88. The number of nitrogens with one attached hydrogen (secondary N) is 1. The summed E-state index contributed by atoms with van der Waals surface area (Å²) in [6.45, 7) is 0. The Hall–Kier alpha value is -1.58. The summed E-state index contributed by atoms with van der Waals surface area (Å²) in [5.41, 5.74) is 6.55. The van der Waals surface area contributed by atoms with Gasteiger partial charge in [0.2, 0.25) is 0 Å². The second-order valence-electron chi connectivity index (χ2n) is 1.67. The van der Waals surface area contributed by atoms with Crippen LogP contribution < -0.4 is 5.73 Å². The number of ketones is 1. The van der Waals surface area contributed by atoms with E-state index in [1.807, 2.05) is 0 Å². The molecular formula is C6H4NO3. The Bertz CT molecular complexity index is 250. The number of rotatable bonds is 2. The summed E-state index contributed by atoms with van der Waals surface area (Å²) in [5, 5.41) is 0. The Morgan fingerprint density at radius 3 is 2.60 bits per heavy atom. The van der Waals surface area contributed by atoms with Gasteiger partial charge in [-0.05, 0) is 6.07 Å². The maximum Gasteiger partial charge on any atom is 0.310 e. The summed E-state index contributed by atoms with van der Waals surface area (Å²) in [7, 11) is 0. The van der Waals surface area contributed by atoms with Gasteiger partial charge < -0.3 is 4.42 Å². The van der Waals surface area contributed by atoms with Gasteiger partial charge in [-0.2, -0.15) is 0 Å². The molecule has 1 rings (SSSR count). The van der Waals surface area contributed by atoms with Crippen LogP contribution in [-0.4, -0.2) is 11.7 Å². The largest absolute Gasteiger partial charge is 0.472 e. The average molecular weight is 138 g/mol. The number of hydrogen-bond acceptors (Lipinski definition) is 3. The Kier molecular flexibility index (Phi) is 1.53. The third-order valence-electron chi connectivity index (χ3n) is 0.990. The molecule has 0 aliphatic rings. The number of Topliss-reactive ketones (excluding diaryl/α,β-unsaturated/α-hetero) is 1. The third-order valence-corrected chi connectivity index (χ3v) is 0.990. The minimum atomic E-state index is -1.22. The van der Waals surface area contributed by atoms with Crippen LogP contribution in [0.2, 0.25) is 0 Å². The van der Waals surface area contributed by atoms with Crippen molar-refractivity contribution in [1.29, 1.82) is 0 Å². The number of carbonyl (C=O) groups is 2. The number of amides is 1. The first-order valence-corrected chi connectivity index (χ1v) is 2.54. The van der Waals surface area contributed by atoms with Crippen molar-refractivity contribution in [2.45, 2.75) is 0 Å². The molecule has 1 heterocycles. The molecule has 0 atom stereocenters. The van der Waals surface area contributed by atoms with E-state index in [0.29, 0.717) is 0 Å². The van der Waals surface area contributed by atoms with Gasteiger partial charge in [0, 0.05) is 0 Å². The van der Waals surface area contributed by atoms with Crippen molar-refractivity contribution in [3.05, 3.63) is 24.2 Å². The van der Waals surface area contributed by atoms with Gasteiger partial charge in [-0.3, -0.25) is 15.3 Å². The van der Waals surface area contributed by atoms with Crippen LogP contribution in [-0.2, 0) is 4.79 Å².